The van der Waals surface area contributed by atoms with Crippen LogP contribution in [0.3, 0.4) is 0 Å². The highest BCUT2D eigenvalue weighted by molar-refractivity contribution is 5.91. The maximum absolute atomic E-state index is 12.3. The molecule has 0 aromatic heterocycles. The molecule has 0 bridgehead atoms. The fourth-order valence-corrected chi connectivity index (χ4v) is 3.11. The number of carbonyl (C=O) groups is 1. The number of rotatable bonds is 3. The van der Waals surface area contributed by atoms with E-state index in [2.05, 4.69) is 19.4 Å². The van der Waals surface area contributed by atoms with Crippen molar-refractivity contribution in [3.63, 3.8) is 0 Å². The minimum Gasteiger partial charge on any atom is -0.446 e. The fourth-order valence-electron chi connectivity index (χ4n) is 3.11. The number of anilines is 1. The number of likely N-dealkylation sites (tertiary alicyclic amines) is 1. The Morgan fingerprint density at radius 1 is 1.00 bits per heavy atom. The molecule has 2 aromatic carbocycles. The molecule has 2 aromatic rings. The second-order valence-electron chi connectivity index (χ2n) is 7.02. The SMILES string of the molecule is C[N+]1(C)CCC(OC(=O)Nc2ccccc2-c2ccccc2)CC1. The lowest BCUT2D eigenvalue weighted by atomic mass is 10.0. The maximum atomic E-state index is 12.3. The van der Waals surface area contributed by atoms with Gasteiger partial charge in [-0.1, -0.05) is 48.5 Å². The summed E-state index contributed by atoms with van der Waals surface area (Å²) in [6.45, 7) is 2.08. The predicted octanol–water partition coefficient (Wildman–Crippen LogP) is 4.14. The van der Waals surface area contributed by atoms with Gasteiger partial charge in [0.05, 0.1) is 32.9 Å². The van der Waals surface area contributed by atoms with Crippen molar-refractivity contribution in [2.24, 2.45) is 0 Å². The van der Waals surface area contributed by atoms with Crippen LogP contribution in [0.1, 0.15) is 12.8 Å². The molecule has 0 unspecified atom stereocenters. The third-order valence-electron chi connectivity index (χ3n) is 4.64. The molecule has 3 rings (SSSR count). The van der Waals surface area contributed by atoms with Crippen molar-refractivity contribution >= 4 is 11.8 Å². The van der Waals surface area contributed by atoms with Crippen LogP contribution in [0.4, 0.5) is 10.5 Å². The third kappa shape index (κ3) is 4.15. The zero-order chi connectivity index (χ0) is 17.0. The van der Waals surface area contributed by atoms with Crippen molar-refractivity contribution in [1.29, 1.82) is 0 Å². The van der Waals surface area contributed by atoms with E-state index in [4.69, 9.17) is 4.74 Å². The van der Waals surface area contributed by atoms with Gasteiger partial charge in [-0.2, -0.15) is 0 Å². The van der Waals surface area contributed by atoms with Crippen molar-refractivity contribution in [1.82, 2.24) is 0 Å². The van der Waals surface area contributed by atoms with E-state index in [-0.39, 0.29) is 12.2 Å². The van der Waals surface area contributed by atoms with Gasteiger partial charge in [-0.15, -0.1) is 0 Å². The molecule has 1 aliphatic heterocycles. The predicted molar refractivity (Wildman–Crippen MR) is 96.8 cm³/mol. The van der Waals surface area contributed by atoms with Crippen LogP contribution in [-0.4, -0.2) is 43.9 Å². The molecular formula is C20H25N2O2+. The molecule has 0 atom stereocenters. The highest BCUT2D eigenvalue weighted by Crippen LogP contribution is 2.28. The van der Waals surface area contributed by atoms with Crippen LogP contribution < -0.4 is 5.32 Å². The molecule has 4 nitrogen and oxygen atoms in total. The van der Waals surface area contributed by atoms with Gasteiger partial charge in [0.15, 0.2) is 0 Å². The maximum Gasteiger partial charge on any atom is 0.411 e. The first-order chi connectivity index (χ1) is 11.5. The highest BCUT2D eigenvalue weighted by Gasteiger charge is 2.28. The molecule has 0 radical (unpaired) electrons. The molecule has 0 spiro atoms. The van der Waals surface area contributed by atoms with Gasteiger partial charge >= 0.3 is 6.09 Å². The summed E-state index contributed by atoms with van der Waals surface area (Å²) in [7, 11) is 4.43. The number of piperidine rings is 1. The van der Waals surface area contributed by atoms with E-state index >= 15 is 0 Å². The van der Waals surface area contributed by atoms with Crippen LogP contribution >= 0.6 is 0 Å². The number of amides is 1. The highest BCUT2D eigenvalue weighted by atomic mass is 16.6. The lowest BCUT2D eigenvalue weighted by Gasteiger charge is -2.36. The number of nitrogens with one attached hydrogen (secondary N) is 1. The van der Waals surface area contributed by atoms with Crippen LogP contribution in [0.25, 0.3) is 11.1 Å². The second-order valence-corrected chi connectivity index (χ2v) is 7.02. The number of carbonyl (C=O) groups excluding carboxylic acids is 1. The average Bonchev–Trinajstić information content (AvgIpc) is 2.58. The summed E-state index contributed by atoms with van der Waals surface area (Å²) >= 11 is 0. The van der Waals surface area contributed by atoms with E-state index < -0.39 is 0 Å². The Hall–Kier alpha value is -2.33. The molecule has 126 valence electrons. The summed E-state index contributed by atoms with van der Waals surface area (Å²) in [5.74, 6) is 0. The lowest BCUT2D eigenvalue weighted by molar-refractivity contribution is -0.896. The summed E-state index contributed by atoms with van der Waals surface area (Å²) in [6.07, 6.45) is 1.48. The van der Waals surface area contributed by atoms with Gasteiger partial charge in [-0.3, -0.25) is 5.32 Å². The van der Waals surface area contributed by atoms with Gasteiger partial charge in [0.2, 0.25) is 0 Å². The standard InChI is InChI=1S/C20H24N2O2/c1-22(2)14-12-17(13-15-22)24-20(23)21-19-11-7-6-10-18(19)16-8-4-3-5-9-16/h3-11,17H,12-15H2,1-2H3/p+1. The lowest BCUT2D eigenvalue weighted by Crippen LogP contribution is -2.48. The molecule has 0 saturated carbocycles. The average molecular weight is 325 g/mol. The zero-order valence-corrected chi connectivity index (χ0v) is 14.4. The number of hydrogen-bond donors (Lipinski definition) is 1. The van der Waals surface area contributed by atoms with Crippen molar-refractivity contribution in [2.45, 2.75) is 18.9 Å². The van der Waals surface area contributed by atoms with E-state index in [9.17, 15) is 4.79 Å². The Balaban J connectivity index is 1.65. The van der Waals surface area contributed by atoms with E-state index in [1.165, 1.54) is 0 Å². The molecule has 1 saturated heterocycles. The van der Waals surface area contributed by atoms with Gasteiger partial charge in [0, 0.05) is 18.4 Å². The van der Waals surface area contributed by atoms with Gasteiger partial charge in [-0.05, 0) is 11.6 Å². The van der Waals surface area contributed by atoms with Gasteiger partial charge in [0.25, 0.3) is 0 Å². The van der Waals surface area contributed by atoms with Crippen LogP contribution in [0.2, 0.25) is 0 Å². The van der Waals surface area contributed by atoms with Crippen molar-refractivity contribution in [2.75, 3.05) is 32.5 Å². The normalized spacial score (nSPS) is 17.2. The molecule has 4 heteroatoms. The first kappa shape index (κ1) is 16.5. The summed E-state index contributed by atoms with van der Waals surface area (Å²) in [5.41, 5.74) is 2.85. The van der Waals surface area contributed by atoms with Crippen LogP contribution in [0.5, 0.6) is 0 Å². The van der Waals surface area contributed by atoms with E-state index in [1.54, 1.807) is 0 Å². The summed E-state index contributed by atoms with van der Waals surface area (Å²) in [4.78, 5) is 12.3. The second kappa shape index (κ2) is 7.05. The van der Waals surface area contributed by atoms with Crippen molar-refractivity contribution < 1.29 is 14.0 Å². The number of nitrogens with zero attached hydrogens (tertiary/aromatic N) is 1. The molecule has 1 aliphatic rings. The Kier molecular flexibility index (Phi) is 4.86. The quantitative estimate of drug-likeness (QED) is 0.861. The zero-order valence-electron chi connectivity index (χ0n) is 14.4. The van der Waals surface area contributed by atoms with Crippen LogP contribution in [-0.2, 0) is 4.74 Å². The number of quaternary nitrogens is 1. The molecule has 1 amide bonds. The smallest absolute Gasteiger partial charge is 0.411 e. The summed E-state index contributed by atoms with van der Waals surface area (Å²) in [5, 5.41) is 2.91. The number of para-hydroxylation sites is 1. The number of benzene rings is 2. The van der Waals surface area contributed by atoms with Crippen molar-refractivity contribution in [3.05, 3.63) is 54.6 Å². The molecule has 1 heterocycles. The Bertz CT molecular complexity index is 688. The van der Waals surface area contributed by atoms with Gasteiger partial charge in [0.1, 0.15) is 6.10 Å². The molecule has 1 fully saturated rings. The topological polar surface area (TPSA) is 38.3 Å². The molecule has 0 aliphatic carbocycles. The van der Waals surface area contributed by atoms with Crippen LogP contribution in [0, 0.1) is 0 Å². The monoisotopic (exact) mass is 325 g/mol. The summed E-state index contributed by atoms with van der Waals surface area (Å²) < 4.78 is 6.62. The van der Waals surface area contributed by atoms with Crippen molar-refractivity contribution in [3.8, 4) is 11.1 Å². The first-order valence-corrected chi connectivity index (χ1v) is 8.48. The Morgan fingerprint density at radius 2 is 1.62 bits per heavy atom. The Morgan fingerprint density at radius 3 is 2.33 bits per heavy atom. The van der Waals surface area contributed by atoms with Gasteiger partial charge in [-0.25, -0.2) is 4.79 Å². The van der Waals surface area contributed by atoms with E-state index in [1.807, 2.05) is 54.6 Å². The molecular weight excluding hydrogens is 300 g/mol. The minimum atomic E-state index is -0.365. The fraction of sp³-hybridized carbons (Fsp3) is 0.350. The minimum absolute atomic E-state index is 0.0139. The first-order valence-electron chi connectivity index (χ1n) is 8.48. The summed E-state index contributed by atoms with van der Waals surface area (Å²) in [6, 6.07) is 17.8. The van der Waals surface area contributed by atoms with Crippen LogP contribution in [0.15, 0.2) is 54.6 Å². The molecule has 24 heavy (non-hydrogen) atoms. The van der Waals surface area contributed by atoms with E-state index in [0.29, 0.717) is 0 Å². The largest absolute Gasteiger partial charge is 0.446 e. The Labute approximate surface area is 143 Å². The van der Waals surface area contributed by atoms with E-state index in [0.717, 1.165) is 47.2 Å². The number of ether oxygens (including phenoxy) is 1. The van der Waals surface area contributed by atoms with Gasteiger partial charge < -0.3 is 9.22 Å². The third-order valence-corrected chi connectivity index (χ3v) is 4.64. The molecule has 1 N–H and O–H groups in total. The number of hydrogen-bond acceptors (Lipinski definition) is 2.